The maximum absolute atomic E-state index is 10.0. The molecule has 0 aliphatic carbocycles. The molecule has 1 aromatic carbocycles. The van der Waals surface area contributed by atoms with Gasteiger partial charge in [0.05, 0.1) is 7.11 Å². The normalized spacial score (nSPS) is 12.2. The molecule has 0 bridgehead atoms. The molecule has 16 heavy (non-hydrogen) atoms. The molecule has 0 fully saturated rings. The Morgan fingerprint density at radius 1 is 1.56 bits per heavy atom. The molecule has 1 aromatic rings. The highest BCUT2D eigenvalue weighted by molar-refractivity contribution is 5.50. The number of allylic oxidation sites excluding steroid dienone is 1. The van der Waals surface area contributed by atoms with Gasteiger partial charge in [0.1, 0.15) is 0 Å². The maximum Gasteiger partial charge on any atom is 0.161 e. The van der Waals surface area contributed by atoms with Crippen LogP contribution < -0.4 is 10.5 Å². The van der Waals surface area contributed by atoms with E-state index in [0.717, 1.165) is 17.5 Å². The van der Waals surface area contributed by atoms with E-state index in [0.29, 0.717) is 12.2 Å². The fourth-order valence-corrected chi connectivity index (χ4v) is 1.73. The van der Waals surface area contributed by atoms with E-state index in [1.165, 1.54) is 7.11 Å². The Kier molecular flexibility index (Phi) is 4.38. The van der Waals surface area contributed by atoms with Gasteiger partial charge >= 0.3 is 0 Å². The third-order valence-electron chi connectivity index (χ3n) is 2.45. The summed E-state index contributed by atoms with van der Waals surface area (Å²) in [6.45, 7) is 5.63. The van der Waals surface area contributed by atoms with Crippen LogP contribution in [-0.2, 0) is 12.8 Å². The van der Waals surface area contributed by atoms with Gasteiger partial charge in [-0.05, 0) is 31.4 Å². The van der Waals surface area contributed by atoms with Crippen LogP contribution in [-0.4, -0.2) is 18.3 Å². The van der Waals surface area contributed by atoms with Gasteiger partial charge in [0.25, 0.3) is 0 Å². The first-order chi connectivity index (χ1) is 7.60. The summed E-state index contributed by atoms with van der Waals surface area (Å²) in [5.41, 5.74) is 7.67. The molecule has 0 radical (unpaired) electrons. The van der Waals surface area contributed by atoms with Gasteiger partial charge in [-0.25, -0.2) is 0 Å². The minimum atomic E-state index is 0.0661. The van der Waals surface area contributed by atoms with Gasteiger partial charge in [-0.15, -0.1) is 6.58 Å². The molecule has 1 rings (SSSR count). The molecule has 0 saturated carbocycles. The molecule has 0 aliphatic heterocycles. The largest absolute Gasteiger partial charge is 0.504 e. The van der Waals surface area contributed by atoms with Gasteiger partial charge in [-0.2, -0.15) is 0 Å². The summed E-state index contributed by atoms with van der Waals surface area (Å²) in [7, 11) is 1.54. The highest BCUT2D eigenvalue weighted by Gasteiger charge is 2.12. The van der Waals surface area contributed by atoms with Crippen LogP contribution in [0.2, 0.25) is 0 Å². The van der Waals surface area contributed by atoms with Crippen LogP contribution >= 0.6 is 0 Å². The molecule has 3 heteroatoms. The van der Waals surface area contributed by atoms with Crippen molar-refractivity contribution in [2.75, 3.05) is 7.11 Å². The van der Waals surface area contributed by atoms with E-state index < -0.39 is 0 Å². The third kappa shape index (κ3) is 2.76. The van der Waals surface area contributed by atoms with E-state index in [1.807, 2.05) is 13.0 Å². The predicted octanol–water partition coefficient (Wildman–Crippen LogP) is 2.02. The Bertz CT molecular complexity index is 372. The fraction of sp³-hybridized carbons (Fsp3) is 0.385. The molecular weight excluding hydrogens is 202 g/mol. The van der Waals surface area contributed by atoms with E-state index in [2.05, 4.69) is 6.58 Å². The zero-order chi connectivity index (χ0) is 12.1. The Labute approximate surface area is 96.5 Å². The van der Waals surface area contributed by atoms with Crippen molar-refractivity contribution >= 4 is 0 Å². The van der Waals surface area contributed by atoms with Crippen molar-refractivity contribution < 1.29 is 9.84 Å². The van der Waals surface area contributed by atoms with Crippen molar-refractivity contribution in [3.63, 3.8) is 0 Å². The lowest BCUT2D eigenvalue weighted by Crippen LogP contribution is -2.18. The van der Waals surface area contributed by atoms with Crippen LogP contribution in [0.4, 0.5) is 0 Å². The van der Waals surface area contributed by atoms with Gasteiger partial charge in [0, 0.05) is 11.6 Å². The molecule has 0 spiro atoms. The fourth-order valence-electron chi connectivity index (χ4n) is 1.73. The zero-order valence-corrected chi connectivity index (χ0v) is 9.86. The number of phenols is 1. The van der Waals surface area contributed by atoms with Gasteiger partial charge in [-0.1, -0.05) is 12.1 Å². The SMILES string of the molecule is C=CCc1c(CC(C)N)ccc(OC)c1O. The Hall–Kier alpha value is -1.48. The summed E-state index contributed by atoms with van der Waals surface area (Å²) in [6.07, 6.45) is 3.12. The van der Waals surface area contributed by atoms with Crippen molar-refractivity contribution in [2.45, 2.75) is 25.8 Å². The molecule has 3 N–H and O–H groups in total. The smallest absolute Gasteiger partial charge is 0.161 e. The Morgan fingerprint density at radius 2 is 2.25 bits per heavy atom. The minimum absolute atomic E-state index is 0.0661. The summed E-state index contributed by atoms with van der Waals surface area (Å²) >= 11 is 0. The number of hydrogen-bond acceptors (Lipinski definition) is 3. The first-order valence-electron chi connectivity index (χ1n) is 5.34. The highest BCUT2D eigenvalue weighted by atomic mass is 16.5. The van der Waals surface area contributed by atoms with Gasteiger partial charge in [0.2, 0.25) is 0 Å². The summed E-state index contributed by atoms with van der Waals surface area (Å²) in [5.74, 6) is 0.686. The van der Waals surface area contributed by atoms with E-state index >= 15 is 0 Å². The number of ether oxygens (including phenoxy) is 1. The number of phenolic OH excluding ortho intramolecular Hbond substituents is 1. The van der Waals surface area contributed by atoms with Crippen molar-refractivity contribution in [2.24, 2.45) is 5.73 Å². The number of benzene rings is 1. The standard InChI is InChI=1S/C13H19NO2/c1-4-5-11-10(8-9(2)14)6-7-12(16-3)13(11)15/h4,6-7,9,15H,1,5,8,14H2,2-3H3. The molecule has 0 aliphatic rings. The van der Waals surface area contributed by atoms with Crippen LogP contribution in [0.25, 0.3) is 0 Å². The Balaban J connectivity index is 3.16. The molecule has 88 valence electrons. The monoisotopic (exact) mass is 221 g/mol. The van der Waals surface area contributed by atoms with Crippen LogP contribution in [0.3, 0.4) is 0 Å². The highest BCUT2D eigenvalue weighted by Crippen LogP contribution is 2.33. The second kappa shape index (κ2) is 5.56. The molecule has 0 aromatic heterocycles. The second-order valence-corrected chi connectivity index (χ2v) is 3.93. The summed E-state index contributed by atoms with van der Waals surface area (Å²) < 4.78 is 5.08. The van der Waals surface area contributed by atoms with Crippen molar-refractivity contribution in [1.29, 1.82) is 0 Å². The molecule has 0 amide bonds. The summed E-state index contributed by atoms with van der Waals surface area (Å²) in [5, 5.41) is 10.0. The first-order valence-corrected chi connectivity index (χ1v) is 5.34. The quantitative estimate of drug-likeness (QED) is 0.748. The van der Waals surface area contributed by atoms with Crippen LogP contribution in [0.5, 0.6) is 11.5 Å². The zero-order valence-electron chi connectivity index (χ0n) is 9.86. The van der Waals surface area contributed by atoms with Crippen LogP contribution in [0, 0.1) is 0 Å². The lowest BCUT2D eigenvalue weighted by Gasteiger charge is -2.14. The lowest BCUT2D eigenvalue weighted by atomic mass is 9.97. The average molecular weight is 221 g/mol. The van der Waals surface area contributed by atoms with Crippen molar-refractivity contribution in [1.82, 2.24) is 0 Å². The predicted molar refractivity (Wildman–Crippen MR) is 65.9 cm³/mol. The summed E-state index contributed by atoms with van der Waals surface area (Å²) in [6, 6.07) is 3.77. The molecule has 1 atom stereocenters. The van der Waals surface area contributed by atoms with Gasteiger partial charge in [-0.3, -0.25) is 0 Å². The van der Waals surface area contributed by atoms with E-state index in [-0.39, 0.29) is 11.8 Å². The molecule has 0 saturated heterocycles. The van der Waals surface area contributed by atoms with E-state index in [9.17, 15) is 5.11 Å². The topological polar surface area (TPSA) is 55.5 Å². The first kappa shape index (κ1) is 12.6. The van der Waals surface area contributed by atoms with Crippen LogP contribution in [0.15, 0.2) is 24.8 Å². The van der Waals surface area contributed by atoms with Crippen molar-refractivity contribution in [3.05, 3.63) is 35.9 Å². The minimum Gasteiger partial charge on any atom is -0.504 e. The van der Waals surface area contributed by atoms with Gasteiger partial charge < -0.3 is 15.6 Å². The van der Waals surface area contributed by atoms with Gasteiger partial charge in [0.15, 0.2) is 11.5 Å². The molecular formula is C13H19NO2. The second-order valence-electron chi connectivity index (χ2n) is 3.93. The number of aromatic hydroxyl groups is 1. The number of hydrogen-bond donors (Lipinski definition) is 2. The van der Waals surface area contributed by atoms with Crippen molar-refractivity contribution in [3.8, 4) is 11.5 Å². The summed E-state index contributed by atoms with van der Waals surface area (Å²) in [4.78, 5) is 0. The third-order valence-corrected chi connectivity index (χ3v) is 2.45. The molecule has 3 nitrogen and oxygen atoms in total. The van der Waals surface area contributed by atoms with E-state index in [4.69, 9.17) is 10.5 Å². The number of rotatable bonds is 5. The Morgan fingerprint density at radius 3 is 2.75 bits per heavy atom. The van der Waals surface area contributed by atoms with Crippen LogP contribution in [0.1, 0.15) is 18.1 Å². The average Bonchev–Trinajstić information content (AvgIpc) is 2.23. The number of nitrogens with two attached hydrogens (primary N) is 1. The van der Waals surface area contributed by atoms with E-state index in [1.54, 1.807) is 12.1 Å². The number of methoxy groups -OCH3 is 1. The maximum atomic E-state index is 10.0. The lowest BCUT2D eigenvalue weighted by molar-refractivity contribution is 0.370. The molecule has 0 heterocycles. The molecule has 1 unspecified atom stereocenters.